The summed E-state index contributed by atoms with van der Waals surface area (Å²) < 4.78 is 5.23. The van der Waals surface area contributed by atoms with Crippen LogP contribution in [0.3, 0.4) is 0 Å². The number of aliphatic hydroxyl groups is 1. The van der Waals surface area contributed by atoms with E-state index in [4.69, 9.17) is 4.74 Å². The summed E-state index contributed by atoms with van der Waals surface area (Å²) in [6.45, 7) is 1.11. The van der Waals surface area contributed by atoms with Gasteiger partial charge in [0.15, 0.2) is 6.04 Å². The van der Waals surface area contributed by atoms with Crippen LogP contribution in [0, 0.1) is 6.92 Å². The molecule has 0 aliphatic rings. The van der Waals surface area contributed by atoms with E-state index in [9.17, 15) is 14.7 Å². The van der Waals surface area contributed by atoms with Gasteiger partial charge in [-0.05, 0) is 31.2 Å². The van der Waals surface area contributed by atoms with Crippen LogP contribution in [-0.2, 0) is 16.1 Å². The van der Waals surface area contributed by atoms with Gasteiger partial charge < -0.3 is 15.2 Å². The van der Waals surface area contributed by atoms with Crippen molar-refractivity contribution in [2.45, 2.75) is 19.6 Å². The van der Waals surface area contributed by atoms with Crippen molar-refractivity contribution in [1.29, 1.82) is 0 Å². The van der Waals surface area contributed by atoms with Crippen LogP contribution < -0.4 is 5.32 Å². The van der Waals surface area contributed by atoms with Crippen LogP contribution in [0.1, 0.15) is 21.7 Å². The minimum Gasteiger partial charge on any atom is -0.458 e. The highest BCUT2D eigenvalue weighted by Gasteiger charge is 2.22. The van der Waals surface area contributed by atoms with E-state index in [1.807, 2.05) is 24.3 Å². The first-order valence-corrected chi connectivity index (χ1v) is 8.44. The Morgan fingerprint density at radius 2 is 1.67 bits per heavy atom. The third-order valence-electron chi connectivity index (χ3n) is 4.00. The third-order valence-corrected chi connectivity index (χ3v) is 4.00. The lowest BCUT2D eigenvalue weighted by molar-refractivity contribution is -0.148. The molecule has 0 aliphatic heterocycles. The van der Waals surface area contributed by atoms with E-state index in [1.165, 1.54) is 0 Å². The number of nitrogens with zero attached hydrogens (tertiary/aromatic N) is 2. The summed E-state index contributed by atoms with van der Waals surface area (Å²) in [6, 6.07) is 14.7. The summed E-state index contributed by atoms with van der Waals surface area (Å²) in [6.07, 6.45) is 0. The topological polar surface area (TPSA) is 101 Å². The number of esters is 1. The number of para-hydroxylation sites is 2. The highest BCUT2D eigenvalue weighted by Crippen LogP contribution is 2.13. The smallest absolute Gasteiger partial charge is 0.331 e. The fraction of sp³-hybridized carbons (Fsp3) is 0.200. The van der Waals surface area contributed by atoms with Gasteiger partial charge in [0.2, 0.25) is 0 Å². The van der Waals surface area contributed by atoms with Crippen molar-refractivity contribution >= 4 is 22.9 Å². The number of aryl methyl sites for hydroxylation is 1. The number of ether oxygens (including phenoxy) is 1. The lowest BCUT2D eigenvalue weighted by atomic mass is 10.2. The first kappa shape index (κ1) is 18.5. The van der Waals surface area contributed by atoms with Crippen molar-refractivity contribution in [3.8, 4) is 0 Å². The molecule has 1 atom stereocenters. The highest BCUT2D eigenvalue weighted by molar-refractivity contribution is 5.96. The molecule has 0 bridgehead atoms. The molecule has 1 amide bonds. The van der Waals surface area contributed by atoms with Crippen molar-refractivity contribution in [1.82, 2.24) is 15.3 Å². The molecule has 0 aliphatic carbocycles. The van der Waals surface area contributed by atoms with E-state index in [1.54, 1.807) is 37.3 Å². The van der Waals surface area contributed by atoms with Crippen molar-refractivity contribution < 1.29 is 19.4 Å². The lowest BCUT2D eigenvalue weighted by Crippen LogP contribution is -2.44. The minimum atomic E-state index is -1.16. The molecule has 0 spiro atoms. The van der Waals surface area contributed by atoms with Gasteiger partial charge in [0.1, 0.15) is 6.61 Å². The summed E-state index contributed by atoms with van der Waals surface area (Å²) in [5.41, 5.74) is 3.02. The molecule has 7 nitrogen and oxygen atoms in total. The molecule has 0 saturated heterocycles. The Morgan fingerprint density at radius 3 is 2.33 bits per heavy atom. The number of amides is 1. The first-order valence-electron chi connectivity index (χ1n) is 8.44. The normalized spacial score (nSPS) is 11.8. The standard InChI is InChI=1S/C20H19N3O4/c1-13-18(22-16-10-6-5-9-15(16)21-13)12-27-20(26)17(11-24)23-19(25)14-7-3-2-4-8-14/h2-10,17,24H,11-12H2,1H3,(H,23,25)/t17-/m0/s1. The van der Waals surface area contributed by atoms with Gasteiger partial charge >= 0.3 is 5.97 Å². The fourth-order valence-corrected chi connectivity index (χ4v) is 2.51. The molecule has 138 valence electrons. The van der Waals surface area contributed by atoms with Gasteiger partial charge in [-0.15, -0.1) is 0 Å². The molecule has 1 heterocycles. The van der Waals surface area contributed by atoms with E-state index < -0.39 is 24.5 Å². The maximum Gasteiger partial charge on any atom is 0.331 e. The Bertz CT molecular complexity index is 960. The number of nitrogens with one attached hydrogen (secondary N) is 1. The predicted octanol–water partition coefficient (Wildman–Crippen LogP) is 1.77. The van der Waals surface area contributed by atoms with E-state index >= 15 is 0 Å². The zero-order chi connectivity index (χ0) is 19.2. The summed E-state index contributed by atoms with van der Waals surface area (Å²) in [5.74, 6) is -1.20. The largest absolute Gasteiger partial charge is 0.458 e. The molecule has 2 aromatic carbocycles. The second kappa shape index (κ2) is 8.37. The minimum absolute atomic E-state index is 0.0970. The zero-order valence-corrected chi connectivity index (χ0v) is 14.8. The summed E-state index contributed by atoms with van der Waals surface area (Å²) in [7, 11) is 0. The van der Waals surface area contributed by atoms with E-state index in [-0.39, 0.29) is 6.61 Å². The maximum absolute atomic E-state index is 12.2. The molecule has 7 heteroatoms. The number of fused-ring (bicyclic) bond motifs is 1. The molecule has 0 fully saturated rings. The van der Waals surface area contributed by atoms with Gasteiger partial charge in [0.25, 0.3) is 5.91 Å². The second-order valence-corrected chi connectivity index (χ2v) is 5.93. The zero-order valence-electron chi connectivity index (χ0n) is 14.8. The number of hydrogen-bond donors (Lipinski definition) is 2. The number of hydrogen-bond acceptors (Lipinski definition) is 6. The van der Waals surface area contributed by atoms with E-state index in [2.05, 4.69) is 15.3 Å². The van der Waals surface area contributed by atoms with Crippen LogP contribution in [0.2, 0.25) is 0 Å². The molecule has 0 unspecified atom stereocenters. The van der Waals surface area contributed by atoms with Gasteiger partial charge in [-0.3, -0.25) is 4.79 Å². The molecule has 2 N–H and O–H groups in total. The SMILES string of the molecule is Cc1nc2ccccc2nc1COC(=O)[C@H](CO)NC(=O)c1ccccc1. The molecule has 1 aromatic heterocycles. The third kappa shape index (κ3) is 4.45. The Balaban J connectivity index is 1.65. The van der Waals surface area contributed by atoms with Crippen molar-refractivity contribution in [3.05, 3.63) is 71.5 Å². The summed E-state index contributed by atoms with van der Waals surface area (Å²) in [5, 5.41) is 11.9. The van der Waals surface area contributed by atoms with Crippen LogP contribution in [0.4, 0.5) is 0 Å². The van der Waals surface area contributed by atoms with Crippen LogP contribution in [0.25, 0.3) is 11.0 Å². The predicted molar refractivity (Wildman–Crippen MR) is 98.9 cm³/mol. The van der Waals surface area contributed by atoms with Gasteiger partial charge in [0.05, 0.1) is 29.0 Å². The maximum atomic E-state index is 12.2. The Hall–Kier alpha value is -3.32. The highest BCUT2D eigenvalue weighted by atomic mass is 16.5. The van der Waals surface area contributed by atoms with Crippen LogP contribution in [0.5, 0.6) is 0 Å². The van der Waals surface area contributed by atoms with Crippen LogP contribution in [-0.4, -0.2) is 39.6 Å². The lowest BCUT2D eigenvalue weighted by Gasteiger charge is -2.16. The van der Waals surface area contributed by atoms with Gasteiger partial charge in [-0.2, -0.15) is 0 Å². The second-order valence-electron chi connectivity index (χ2n) is 5.93. The number of carbonyl (C=O) groups is 2. The summed E-state index contributed by atoms with van der Waals surface area (Å²) >= 11 is 0. The van der Waals surface area contributed by atoms with E-state index in [0.717, 1.165) is 5.52 Å². The Kier molecular flexibility index (Phi) is 5.73. The van der Waals surface area contributed by atoms with Crippen molar-refractivity contribution in [2.24, 2.45) is 0 Å². The van der Waals surface area contributed by atoms with Crippen molar-refractivity contribution in [3.63, 3.8) is 0 Å². The molecule has 27 heavy (non-hydrogen) atoms. The molecular weight excluding hydrogens is 346 g/mol. The quantitative estimate of drug-likeness (QED) is 0.646. The Morgan fingerprint density at radius 1 is 1.04 bits per heavy atom. The molecule has 3 aromatic rings. The number of aromatic nitrogens is 2. The first-order chi connectivity index (χ1) is 13.1. The molecule has 0 radical (unpaired) electrons. The molecule has 0 saturated carbocycles. The summed E-state index contributed by atoms with van der Waals surface area (Å²) in [4.78, 5) is 33.3. The number of aliphatic hydroxyl groups excluding tert-OH is 1. The van der Waals surface area contributed by atoms with Gasteiger partial charge in [-0.1, -0.05) is 30.3 Å². The number of carbonyl (C=O) groups excluding carboxylic acids is 2. The average Bonchev–Trinajstić information content (AvgIpc) is 2.70. The number of rotatable bonds is 6. The van der Waals surface area contributed by atoms with Crippen LogP contribution >= 0.6 is 0 Å². The van der Waals surface area contributed by atoms with Crippen LogP contribution in [0.15, 0.2) is 54.6 Å². The molecule has 3 rings (SSSR count). The monoisotopic (exact) mass is 365 g/mol. The van der Waals surface area contributed by atoms with Crippen molar-refractivity contribution in [2.75, 3.05) is 6.61 Å². The average molecular weight is 365 g/mol. The van der Waals surface area contributed by atoms with Gasteiger partial charge in [0, 0.05) is 5.56 Å². The number of benzene rings is 2. The van der Waals surface area contributed by atoms with Gasteiger partial charge in [-0.25, -0.2) is 14.8 Å². The molecular formula is C20H19N3O4. The fourth-order valence-electron chi connectivity index (χ4n) is 2.51. The van der Waals surface area contributed by atoms with E-state index in [0.29, 0.717) is 22.5 Å². The Labute approximate surface area is 156 Å².